The third kappa shape index (κ3) is 11.1. The third-order valence-corrected chi connectivity index (χ3v) is 9.74. The molecule has 0 saturated carbocycles. The van der Waals surface area contributed by atoms with Crippen molar-refractivity contribution >= 4 is 63.6 Å². The lowest BCUT2D eigenvalue weighted by Gasteiger charge is -2.16. The highest BCUT2D eigenvalue weighted by Gasteiger charge is 2.19. The second kappa shape index (κ2) is 21.0. The zero-order valence-corrected chi connectivity index (χ0v) is 37.4. The normalized spacial score (nSPS) is 10.4. The number of nitrogen functional groups attached to an aromatic ring is 1. The van der Waals surface area contributed by atoms with Gasteiger partial charge in [-0.15, -0.1) is 0 Å². The molecule has 8 aromatic rings. The number of anilines is 7. The Hall–Kier alpha value is -8.53. The summed E-state index contributed by atoms with van der Waals surface area (Å²) in [5.74, 6) is 3.46. The summed E-state index contributed by atoms with van der Waals surface area (Å²) in [5, 5.41) is 36.8. The van der Waals surface area contributed by atoms with Gasteiger partial charge in [-0.1, -0.05) is 23.7 Å². The maximum atomic E-state index is 12.5. The molecular formula is C42H47ClN18O4. The predicted octanol–water partition coefficient (Wildman–Crippen LogP) is 5.71. The summed E-state index contributed by atoms with van der Waals surface area (Å²) in [6.45, 7) is 3.92. The number of hydrogen-bond acceptors (Lipinski definition) is 16. The number of carbonyl (C=O) groups excluding carboxylic acids is 2. The van der Waals surface area contributed by atoms with Gasteiger partial charge in [0.1, 0.15) is 29.4 Å². The van der Waals surface area contributed by atoms with Crippen LogP contribution in [0.5, 0.6) is 11.5 Å². The summed E-state index contributed by atoms with van der Waals surface area (Å²) in [7, 11) is 9.98. The molecule has 0 aliphatic heterocycles. The number of pyridine rings is 2. The lowest BCUT2D eigenvalue weighted by molar-refractivity contribution is 0.0955. The minimum absolute atomic E-state index is 0.264. The molecule has 336 valence electrons. The Labute approximate surface area is 377 Å². The van der Waals surface area contributed by atoms with E-state index in [9.17, 15) is 9.59 Å². The fourth-order valence-corrected chi connectivity index (χ4v) is 6.34. The summed E-state index contributed by atoms with van der Waals surface area (Å²) in [6, 6.07) is 18.1. The summed E-state index contributed by atoms with van der Waals surface area (Å²) in [5.41, 5.74) is 12.0. The van der Waals surface area contributed by atoms with Crippen LogP contribution in [0.2, 0.25) is 5.15 Å². The molecule has 2 aromatic carbocycles. The number of nitrogens with two attached hydrogens (primary N) is 1. The van der Waals surface area contributed by atoms with Crippen molar-refractivity contribution in [2.45, 2.75) is 13.8 Å². The maximum absolute atomic E-state index is 12.5. The van der Waals surface area contributed by atoms with Crippen LogP contribution < -0.4 is 41.8 Å². The highest BCUT2D eigenvalue weighted by atomic mass is 35.5. The SMILES string of the molecule is CNC(=O)c1cnc(Cl)cc1Nc1cccc(-c2ncn[nH]2)c1OC.CNC(=O)c1cnc(Nc2cc(C)n(C)n2)cc1Nc1cccc(-c2ncn[nH]2)c1OC.Cc1cc(N)nn1C. The summed E-state index contributed by atoms with van der Waals surface area (Å²) in [4.78, 5) is 41.2. The number of methoxy groups -OCH3 is 2. The Morgan fingerprint density at radius 3 is 1.57 bits per heavy atom. The molecule has 6 heterocycles. The van der Waals surface area contributed by atoms with Gasteiger partial charge in [0.15, 0.2) is 29.0 Å². The predicted molar refractivity (Wildman–Crippen MR) is 247 cm³/mol. The van der Waals surface area contributed by atoms with Crippen LogP contribution in [0, 0.1) is 13.8 Å². The van der Waals surface area contributed by atoms with Crippen molar-refractivity contribution in [1.82, 2.24) is 70.5 Å². The monoisotopic (exact) mass is 902 g/mol. The van der Waals surface area contributed by atoms with E-state index in [0.29, 0.717) is 74.5 Å². The molecule has 65 heavy (non-hydrogen) atoms. The molecular weight excluding hydrogens is 856 g/mol. The van der Waals surface area contributed by atoms with Crippen molar-refractivity contribution in [3.63, 3.8) is 0 Å². The first-order valence-electron chi connectivity index (χ1n) is 19.6. The highest BCUT2D eigenvalue weighted by Crippen LogP contribution is 2.38. The topological polar surface area (TPSA) is 283 Å². The smallest absolute Gasteiger partial charge is 0.254 e. The number of hydrogen-bond donors (Lipinski definition) is 8. The largest absolute Gasteiger partial charge is 0.494 e. The Morgan fingerprint density at radius 2 is 1.15 bits per heavy atom. The molecule has 0 aliphatic carbocycles. The van der Waals surface area contributed by atoms with Gasteiger partial charge in [-0.05, 0) is 44.2 Å². The van der Waals surface area contributed by atoms with Crippen LogP contribution in [0.1, 0.15) is 32.1 Å². The fraction of sp³-hybridized carbons (Fsp3) is 0.190. The van der Waals surface area contributed by atoms with Gasteiger partial charge in [0.25, 0.3) is 11.8 Å². The van der Waals surface area contributed by atoms with Crippen molar-refractivity contribution in [1.29, 1.82) is 0 Å². The molecule has 0 atom stereocenters. The van der Waals surface area contributed by atoms with Gasteiger partial charge in [0.2, 0.25) is 0 Å². The number of aromatic amines is 2. The van der Waals surface area contributed by atoms with E-state index >= 15 is 0 Å². The van der Waals surface area contributed by atoms with Gasteiger partial charge >= 0.3 is 0 Å². The highest BCUT2D eigenvalue weighted by molar-refractivity contribution is 6.29. The van der Waals surface area contributed by atoms with E-state index in [1.165, 1.54) is 25.0 Å². The zero-order valence-electron chi connectivity index (χ0n) is 36.6. The molecule has 0 spiro atoms. The average molecular weight is 903 g/mol. The number of ether oxygens (including phenoxy) is 2. The third-order valence-electron chi connectivity index (χ3n) is 9.54. The van der Waals surface area contributed by atoms with Crippen LogP contribution in [0.15, 0.2) is 85.7 Å². The molecule has 9 N–H and O–H groups in total. The number of amides is 2. The van der Waals surface area contributed by atoms with Crippen molar-refractivity contribution < 1.29 is 19.1 Å². The summed E-state index contributed by atoms with van der Waals surface area (Å²) < 4.78 is 14.7. The lowest BCUT2D eigenvalue weighted by Crippen LogP contribution is -2.19. The van der Waals surface area contributed by atoms with E-state index in [2.05, 4.69) is 77.1 Å². The van der Waals surface area contributed by atoms with Crippen molar-refractivity contribution in [2.24, 2.45) is 14.1 Å². The van der Waals surface area contributed by atoms with Crippen LogP contribution in [0.3, 0.4) is 0 Å². The number of rotatable bonds is 12. The van der Waals surface area contributed by atoms with Gasteiger partial charge in [-0.3, -0.25) is 29.2 Å². The van der Waals surface area contributed by atoms with E-state index in [1.807, 2.05) is 76.5 Å². The first kappa shape index (κ1) is 46.0. The number of H-pyrrole nitrogens is 2. The molecule has 0 aliphatic rings. The molecule has 0 unspecified atom stereocenters. The minimum Gasteiger partial charge on any atom is -0.494 e. The Balaban J connectivity index is 0.000000188. The first-order chi connectivity index (χ1) is 31.3. The van der Waals surface area contributed by atoms with E-state index in [4.69, 9.17) is 26.8 Å². The van der Waals surface area contributed by atoms with E-state index < -0.39 is 0 Å². The number of nitrogens with zero attached hydrogens (tertiary/aromatic N) is 10. The molecule has 6 aromatic heterocycles. The summed E-state index contributed by atoms with van der Waals surface area (Å²) >= 11 is 5.98. The van der Waals surface area contributed by atoms with E-state index in [-0.39, 0.29) is 17.0 Å². The Kier molecular flexibility index (Phi) is 14.9. The number of halogens is 1. The number of nitrogens with one attached hydrogen (secondary N) is 7. The van der Waals surface area contributed by atoms with Gasteiger partial charge in [0.05, 0.1) is 59.2 Å². The fourth-order valence-electron chi connectivity index (χ4n) is 6.18. The standard InChI is InChI=1S/C21H23N9O2.C16H15ClN6O2.C5H9N3/c1-12-8-18(29-30(12)3)27-17-9-16(14(10-23-17)21(31)22-2)26-15-7-5-6-13(19(15)32-4)20-24-11-25-28-20;1-18-16(24)10-7-19-13(17)6-12(10)22-11-5-3-4-9(14(11)25-2)15-20-8-21-23-15;1-4-3-5(6)7-8(4)2/h5-11H,1-4H3,(H,22,31)(H,24,25,28)(H2,23,26,27,29);3-8H,1-2H3,(H,18,24)(H,19,22)(H,20,21,23);3H,1-2H3,(H2,6,7). The van der Waals surface area contributed by atoms with Crippen LogP contribution in [-0.4, -0.2) is 100 Å². The lowest BCUT2D eigenvalue weighted by atomic mass is 10.1. The van der Waals surface area contributed by atoms with Crippen LogP contribution in [-0.2, 0) is 14.1 Å². The quantitative estimate of drug-likeness (QED) is 0.0682. The van der Waals surface area contributed by atoms with Crippen LogP contribution >= 0.6 is 11.6 Å². The van der Waals surface area contributed by atoms with Crippen LogP contribution in [0.4, 0.5) is 40.2 Å². The first-order valence-corrected chi connectivity index (χ1v) is 19.9. The molecule has 0 bridgehead atoms. The van der Waals surface area contributed by atoms with Gasteiger partial charge in [-0.25, -0.2) is 19.9 Å². The average Bonchev–Trinajstić information content (AvgIpc) is 4.14. The Morgan fingerprint density at radius 1 is 0.646 bits per heavy atom. The number of benzene rings is 2. The number of aryl methyl sites for hydroxylation is 4. The van der Waals surface area contributed by atoms with Gasteiger partial charge in [0, 0.05) is 70.2 Å². The van der Waals surface area contributed by atoms with Gasteiger partial charge in [-0.2, -0.15) is 20.4 Å². The second-order valence-electron chi connectivity index (χ2n) is 13.8. The van der Waals surface area contributed by atoms with E-state index in [0.717, 1.165) is 22.5 Å². The van der Waals surface area contributed by atoms with Crippen molar-refractivity contribution in [2.75, 3.05) is 50.0 Å². The van der Waals surface area contributed by atoms with Gasteiger partial charge < -0.3 is 41.8 Å². The molecule has 22 nitrogen and oxygen atoms in total. The van der Waals surface area contributed by atoms with Crippen molar-refractivity contribution in [3.05, 3.63) is 113 Å². The number of carbonyl (C=O) groups is 2. The molecule has 0 saturated heterocycles. The molecule has 8 rings (SSSR count). The Bertz CT molecular complexity index is 2840. The number of para-hydroxylation sites is 2. The van der Waals surface area contributed by atoms with Crippen molar-refractivity contribution in [3.8, 4) is 34.3 Å². The minimum atomic E-state index is -0.281. The van der Waals surface area contributed by atoms with Crippen LogP contribution in [0.25, 0.3) is 22.8 Å². The number of aromatic nitrogens is 12. The molecule has 23 heteroatoms. The maximum Gasteiger partial charge on any atom is 0.254 e. The second-order valence-corrected chi connectivity index (χ2v) is 14.2. The van der Waals surface area contributed by atoms with E-state index in [1.54, 1.807) is 49.8 Å². The molecule has 0 fully saturated rings. The molecule has 2 amide bonds. The summed E-state index contributed by atoms with van der Waals surface area (Å²) in [6.07, 6.45) is 5.77. The molecule has 0 radical (unpaired) electrons. The zero-order chi connectivity index (χ0) is 46.6.